The molecule has 0 nitrogen and oxygen atoms in total. The first-order chi connectivity index (χ1) is 5.15. The van der Waals surface area contributed by atoms with Crippen LogP contribution in [0.4, 0.5) is 0 Å². The van der Waals surface area contributed by atoms with E-state index in [0.29, 0.717) is 0 Å². The molecule has 0 aliphatic heterocycles. The van der Waals surface area contributed by atoms with Crippen LogP contribution in [-0.2, 0) is 0 Å². The number of rotatable bonds is 4. The van der Waals surface area contributed by atoms with Crippen LogP contribution in [0.15, 0.2) is 0 Å². The molecule has 0 spiro atoms. The fourth-order valence-electron chi connectivity index (χ4n) is 0.677. The van der Waals surface area contributed by atoms with Crippen molar-refractivity contribution in [3.05, 3.63) is 0 Å². The number of hydrogen-bond donors (Lipinski definition) is 0. The van der Waals surface area contributed by atoms with Crippen molar-refractivity contribution in [2.45, 2.75) is 46.0 Å². The van der Waals surface area contributed by atoms with Gasteiger partial charge in [-0.2, -0.15) is 0 Å². The summed E-state index contributed by atoms with van der Waals surface area (Å²) in [6.07, 6.45) is 7.01. The minimum absolute atomic E-state index is 1.36. The van der Waals surface area contributed by atoms with E-state index in [1.165, 1.54) is 32.1 Å². The van der Waals surface area contributed by atoms with Crippen LogP contribution < -0.4 is 0 Å². The Kier molecular flexibility index (Phi) is 19.8. The standard InChI is InChI=1S/C7H16.3ClH.In/c1-3-5-7-6-4-2;;;;/h3-7H2,1-2H3;3*1H;/q;;;;+3/p-3. The van der Waals surface area contributed by atoms with E-state index in [4.69, 9.17) is 25.7 Å². The second-order valence-electron chi connectivity index (χ2n) is 2.31. The van der Waals surface area contributed by atoms with Crippen LogP contribution in [0.3, 0.4) is 0 Å². The predicted molar refractivity (Wildman–Crippen MR) is 57.7 cm³/mol. The van der Waals surface area contributed by atoms with E-state index in [1.807, 2.05) is 0 Å². The first kappa shape index (κ1) is 15.2. The molecule has 0 aromatic heterocycles. The normalized spacial score (nSPS) is 8.45. The maximum absolute atomic E-state index is 5.02. The van der Waals surface area contributed by atoms with Crippen molar-refractivity contribution >= 4 is 43.6 Å². The molecule has 0 fully saturated rings. The average molecular weight is 321 g/mol. The van der Waals surface area contributed by atoms with Gasteiger partial charge in [-0.05, 0) is 0 Å². The van der Waals surface area contributed by atoms with E-state index < -0.39 is 17.9 Å². The summed E-state index contributed by atoms with van der Waals surface area (Å²) in [5.41, 5.74) is 0. The van der Waals surface area contributed by atoms with Gasteiger partial charge < -0.3 is 0 Å². The fraction of sp³-hybridized carbons (Fsp3) is 1.00. The van der Waals surface area contributed by atoms with Gasteiger partial charge in [0.1, 0.15) is 0 Å². The summed E-state index contributed by atoms with van der Waals surface area (Å²) < 4.78 is 0. The van der Waals surface area contributed by atoms with Crippen molar-refractivity contribution < 1.29 is 0 Å². The van der Waals surface area contributed by atoms with Crippen molar-refractivity contribution in [3.8, 4) is 0 Å². The maximum atomic E-state index is 5.02. The SMILES string of the molecule is CCCCCCC.[Cl][In]([Cl])[Cl]. The molecule has 0 aromatic carbocycles. The molecule has 68 valence electrons. The molecule has 0 atom stereocenters. The molecule has 0 saturated carbocycles. The number of halogens is 3. The summed E-state index contributed by atoms with van der Waals surface area (Å²) >= 11 is -2.22. The Balaban J connectivity index is 0. The Labute approximate surface area is 88.9 Å². The topological polar surface area (TPSA) is 0 Å². The van der Waals surface area contributed by atoms with Gasteiger partial charge >= 0.3 is 43.6 Å². The molecule has 0 N–H and O–H groups in total. The Hall–Kier alpha value is 1.74. The zero-order valence-electron chi connectivity index (χ0n) is 7.25. The zero-order chi connectivity index (χ0) is 9.11. The molecule has 11 heavy (non-hydrogen) atoms. The van der Waals surface area contributed by atoms with Crippen molar-refractivity contribution in [3.63, 3.8) is 0 Å². The van der Waals surface area contributed by atoms with E-state index >= 15 is 0 Å². The summed E-state index contributed by atoms with van der Waals surface area (Å²) in [5, 5.41) is 0. The first-order valence-corrected chi connectivity index (χ1v) is 16.6. The Morgan fingerprint density at radius 1 is 0.818 bits per heavy atom. The summed E-state index contributed by atoms with van der Waals surface area (Å²) in [6, 6.07) is 0. The van der Waals surface area contributed by atoms with Gasteiger partial charge in [0.15, 0.2) is 0 Å². The van der Waals surface area contributed by atoms with Crippen LogP contribution in [0.1, 0.15) is 46.0 Å². The van der Waals surface area contributed by atoms with E-state index in [-0.39, 0.29) is 0 Å². The molecular formula is C7H16Cl3In. The minimum atomic E-state index is -2.22. The molecule has 0 aliphatic carbocycles. The second kappa shape index (κ2) is 14.3. The molecule has 0 aromatic rings. The van der Waals surface area contributed by atoms with Gasteiger partial charge in [-0.3, -0.25) is 0 Å². The Morgan fingerprint density at radius 3 is 1.27 bits per heavy atom. The van der Waals surface area contributed by atoms with Crippen LogP contribution in [-0.4, -0.2) is 17.9 Å². The van der Waals surface area contributed by atoms with Gasteiger partial charge in [-0.25, -0.2) is 0 Å². The van der Waals surface area contributed by atoms with Crippen LogP contribution in [0.2, 0.25) is 0 Å². The summed E-state index contributed by atoms with van der Waals surface area (Å²) in [7, 11) is 15.0. The van der Waals surface area contributed by atoms with Gasteiger partial charge in [-0.1, -0.05) is 46.0 Å². The molecule has 0 rings (SSSR count). The van der Waals surface area contributed by atoms with Gasteiger partial charge in [0, 0.05) is 0 Å². The van der Waals surface area contributed by atoms with Crippen LogP contribution in [0, 0.1) is 0 Å². The number of hydrogen-bond acceptors (Lipinski definition) is 0. The Morgan fingerprint density at radius 2 is 1.09 bits per heavy atom. The molecule has 4 heteroatoms. The molecule has 0 heterocycles. The quantitative estimate of drug-likeness (QED) is 0.660. The predicted octanol–water partition coefficient (Wildman–Crippen LogP) is 4.66. The summed E-state index contributed by atoms with van der Waals surface area (Å²) in [6.45, 7) is 4.49. The third-order valence-electron chi connectivity index (χ3n) is 1.21. The molecule has 0 unspecified atom stereocenters. The van der Waals surface area contributed by atoms with E-state index in [2.05, 4.69) is 13.8 Å². The van der Waals surface area contributed by atoms with E-state index in [1.54, 1.807) is 0 Å². The fourth-order valence-corrected chi connectivity index (χ4v) is 0.677. The van der Waals surface area contributed by atoms with Gasteiger partial charge in [0.2, 0.25) is 0 Å². The van der Waals surface area contributed by atoms with E-state index in [0.717, 1.165) is 0 Å². The van der Waals surface area contributed by atoms with E-state index in [9.17, 15) is 0 Å². The molecule has 0 saturated heterocycles. The third-order valence-corrected chi connectivity index (χ3v) is 1.21. The van der Waals surface area contributed by atoms with Crippen molar-refractivity contribution in [1.82, 2.24) is 0 Å². The average Bonchev–Trinajstić information content (AvgIpc) is 1.88. The molecule has 0 amide bonds. The summed E-state index contributed by atoms with van der Waals surface area (Å²) in [5.74, 6) is 0. The first-order valence-electron chi connectivity index (χ1n) is 4.07. The molecule has 0 aliphatic rings. The molecule has 0 radical (unpaired) electrons. The van der Waals surface area contributed by atoms with Gasteiger partial charge in [0.05, 0.1) is 0 Å². The third kappa shape index (κ3) is 33.8. The monoisotopic (exact) mass is 320 g/mol. The number of unbranched alkanes of at least 4 members (excludes halogenated alkanes) is 4. The van der Waals surface area contributed by atoms with Crippen LogP contribution in [0.5, 0.6) is 0 Å². The van der Waals surface area contributed by atoms with Crippen molar-refractivity contribution in [2.24, 2.45) is 0 Å². The van der Waals surface area contributed by atoms with Crippen LogP contribution >= 0.6 is 25.7 Å². The van der Waals surface area contributed by atoms with Gasteiger partial charge in [-0.15, -0.1) is 0 Å². The van der Waals surface area contributed by atoms with Crippen LogP contribution in [0.25, 0.3) is 0 Å². The summed E-state index contributed by atoms with van der Waals surface area (Å²) in [4.78, 5) is 0. The Bertz CT molecular complexity index is 52.9. The zero-order valence-corrected chi connectivity index (χ0v) is 12.8. The molecular weight excluding hydrogens is 305 g/mol. The van der Waals surface area contributed by atoms with Gasteiger partial charge in [0.25, 0.3) is 0 Å². The van der Waals surface area contributed by atoms with Crippen molar-refractivity contribution in [2.75, 3.05) is 0 Å². The molecule has 0 bridgehead atoms. The second-order valence-corrected chi connectivity index (χ2v) is 17.0. The van der Waals surface area contributed by atoms with Crippen molar-refractivity contribution in [1.29, 1.82) is 0 Å².